The van der Waals surface area contributed by atoms with Crippen LogP contribution in [0.4, 0.5) is 5.13 Å². The van der Waals surface area contributed by atoms with E-state index in [1.165, 1.54) is 30.4 Å². The fourth-order valence-electron chi connectivity index (χ4n) is 2.46. The number of fused-ring (bicyclic) bond motifs is 1. The van der Waals surface area contributed by atoms with Crippen molar-refractivity contribution >= 4 is 38.0 Å². The Morgan fingerprint density at radius 3 is 2.70 bits per heavy atom. The number of benzene rings is 1. The lowest BCUT2D eigenvalue weighted by Gasteiger charge is -2.24. The van der Waals surface area contributed by atoms with Crippen LogP contribution in [0.5, 0.6) is 0 Å². The van der Waals surface area contributed by atoms with Gasteiger partial charge >= 0.3 is 0 Å². The zero-order valence-corrected chi connectivity index (χ0v) is 14.0. The lowest BCUT2D eigenvalue weighted by Crippen LogP contribution is -2.33. The third kappa shape index (κ3) is 2.53. The topological polar surface area (TPSA) is 96.4 Å². The molecule has 1 atom stereocenters. The predicted molar refractivity (Wildman–Crippen MR) is 88.1 cm³/mol. The second-order valence-electron chi connectivity index (χ2n) is 5.18. The van der Waals surface area contributed by atoms with Crippen molar-refractivity contribution in [2.24, 2.45) is 0 Å². The van der Waals surface area contributed by atoms with Gasteiger partial charge in [-0.15, -0.1) is 11.3 Å². The Morgan fingerprint density at radius 2 is 2.04 bits per heavy atom. The number of aliphatic hydroxyl groups is 1. The molecule has 23 heavy (non-hydrogen) atoms. The summed E-state index contributed by atoms with van der Waals surface area (Å²) in [5.74, 6) is -0.976. The number of thiazole rings is 1. The first-order valence-electron chi connectivity index (χ1n) is 6.82. The molecule has 2 heterocycles. The highest BCUT2D eigenvalue weighted by molar-refractivity contribution is 7.92. The van der Waals surface area contributed by atoms with Crippen LogP contribution in [-0.2, 0) is 14.6 Å². The van der Waals surface area contributed by atoms with Crippen LogP contribution in [-0.4, -0.2) is 29.7 Å². The van der Waals surface area contributed by atoms with Gasteiger partial charge < -0.3 is 5.11 Å². The van der Waals surface area contributed by atoms with Gasteiger partial charge in [0.2, 0.25) is 0 Å². The summed E-state index contributed by atoms with van der Waals surface area (Å²) in [6.45, 7) is 3.23. The Kier molecular flexibility index (Phi) is 3.73. The Labute approximate surface area is 137 Å². The van der Waals surface area contributed by atoms with Crippen molar-refractivity contribution in [1.29, 1.82) is 0 Å². The molecule has 1 amide bonds. The van der Waals surface area contributed by atoms with E-state index in [4.69, 9.17) is 0 Å². The average Bonchev–Trinajstić information content (AvgIpc) is 2.91. The van der Waals surface area contributed by atoms with E-state index >= 15 is 0 Å². The largest absolute Gasteiger partial charge is 0.507 e. The molecule has 0 aliphatic carbocycles. The van der Waals surface area contributed by atoms with Gasteiger partial charge in [-0.25, -0.2) is 13.4 Å². The van der Waals surface area contributed by atoms with Crippen LogP contribution < -0.4 is 5.32 Å². The number of hydrogen-bond acceptors (Lipinski definition) is 6. The molecule has 1 unspecified atom stereocenters. The Hall–Kier alpha value is -2.19. The number of hydrogen-bond donors (Lipinski definition) is 2. The van der Waals surface area contributed by atoms with Gasteiger partial charge in [0, 0.05) is 16.6 Å². The molecule has 6 nitrogen and oxygen atoms in total. The molecule has 0 radical (unpaired) electrons. The number of aliphatic hydroxyl groups excluding tert-OH is 1. The number of aromatic nitrogens is 1. The van der Waals surface area contributed by atoms with Crippen molar-refractivity contribution in [2.45, 2.75) is 24.0 Å². The van der Waals surface area contributed by atoms with E-state index in [-0.39, 0.29) is 21.8 Å². The average molecular weight is 350 g/mol. The lowest BCUT2D eigenvalue weighted by atomic mass is 10.0. The number of carbonyl (C=O) groups excluding carboxylic acids is 1. The summed E-state index contributed by atoms with van der Waals surface area (Å²) in [7, 11) is -3.73. The first kappa shape index (κ1) is 15.7. The summed E-state index contributed by atoms with van der Waals surface area (Å²) in [6.07, 6.45) is 1.60. The molecule has 0 fully saturated rings. The van der Waals surface area contributed by atoms with E-state index in [9.17, 15) is 18.3 Å². The molecule has 0 bridgehead atoms. The number of sulfone groups is 1. The monoisotopic (exact) mass is 350 g/mol. The fourth-order valence-corrected chi connectivity index (χ4v) is 4.77. The summed E-state index contributed by atoms with van der Waals surface area (Å²) in [5.41, 5.74) is -0.0253. The number of amides is 1. The molecule has 120 valence electrons. The predicted octanol–water partition coefficient (Wildman–Crippen LogP) is 2.54. The first-order valence-corrected chi connectivity index (χ1v) is 9.19. The van der Waals surface area contributed by atoms with E-state index < -0.39 is 21.0 Å². The van der Waals surface area contributed by atoms with E-state index in [0.717, 1.165) is 4.88 Å². The molecule has 0 spiro atoms. The van der Waals surface area contributed by atoms with Gasteiger partial charge in [-0.3, -0.25) is 10.1 Å². The second-order valence-corrected chi connectivity index (χ2v) is 8.65. The molecule has 0 saturated carbocycles. The maximum Gasteiger partial charge on any atom is 0.258 e. The van der Waals surface area contributed by atoms with E-state index in [1.807, 2.05) is 6.92 Å². The summed E-state index contributed by atoms with van der Waals surface area (Å²) < 4.78 is 25.2. The molecule has 8 heteroatoms. The molecule has 2 N–H and O–H groups in total. The van der Waals surface area contributed by atoms with Crippen LogP contribution in [0.25, 0.3) is 5.76 Å². The van der Waals surface area contributed by atoms with Gasteiger partial charge in [0.1, 0.15) is 5.76 Å². The molecule has 1 aromatic heterocycles. The molecule has 3 rings (SSSR count). The quantitative estimate of drug-likeness (QED) is 0.867. The van der Waals surface area contributed by atoms with E-state index in [0.29, 0.717) is 5.13 Å². The van der Waals surface area contributed by atoms with E-state index in [1.54, 1.807) is 18.3 Å². The van der Waals surface area contributed by atoms with Crippen LogP contribution in [0.3, 0.4) is 0 Å². The maximum atomic E-state index is 12.6. The van der Waals surface area contributed by atoms with Crippen LogP contribution >= 0.6 is 11.3 Å². The molecule has 1 aliphatic rings. The van der Waals surface area contributed by atoms with E-state index in [2.05, 4.69) is 10.3 Å². The summed E-state index contributed by atoms with van der Waals surface area (Å²) in [5, 5.41) is 12.2. The van der Waals surface area contributed by atoms with Gasteiger partial charge in [-0.2, -0.15) is 0 Å². The van der Waals surface area contributed by atoms with Crippen molar-refractivity contribution in [2.75, 3.05) is 5.32 Å². The lowest BCUT2D eigenvalue weighted by molar-refractivity contribution is -0.113. The highest BCUT2D eigenvalue weighted by Gasteiger charge is 2.40. The fraction of sp³-hybridized carbons (Fsp3) is 0.200. The number of aryl methyl sites for hydroxylation is 1. The zero-order chi connectivity index (χ0) is 16.8. The smallest absolute Gasteiger partial charge is 0.258 e. The van der Waals surface area contributed by atoms with Crippen molar-refractivity contribution < 1.29 is 18.3 Å². The molecule has 1 aromatic carbocycles. The normalized spacial score (nSPS) is 19.3. The summed E-state index contributed by atoms with van der Waals surface area (Å²) in [4.78, 5) is 17.4. The minimum absolute atomic E-state index is 0.0339. The third-order valence-electron chi connectivity index (χ3n) is 3.66. The van der Waals surface area contributed by atoms with Crippen molar-refractivity contribution in [3.63, 3.8) is 0 Å². The molecular formula is C15H14N2O4S2. The SMILES string of the molecule is Cc1cnc(NC(=O)C2=C(O)c3ccccc3S(=O)(=O)C2C)s1. The van der Waals surface area contributed by atoms with Gasteiger partial charge in [-0.1, -0.05) is 12.1 Å². The molecule has 0 saturated heterocycles. The summed E-state index contributed by atoms with van der Waals surface area (Å²) in [6, 6.07) is 6.10. The van der Waals surface area contributed by atoms with Crippen molar-refractivity contribution in [1.82, 2.24) is 4.98 Å². The molecule has 2 aromatic rings. The Balaban J connectivity index is 2.09. The Bertz CT molecular complexity index is 928. The van der Waals surface area contributed by atoms with Crippen LogP contribution in [0.15, 0.2) is 40.9 Å². The van der Waals surface area contributed by atoms with Crippen LogP contribution in [0.1, 0.15) is 17.4 Å². The maximum absolute atomic E-state index is 12.6. The Morgan fingerprint density at radius 1 is 1.35 bits per heavy atom. The minimum Gasteiger partial charge on any atom is -0.507 e. The highest BCUT2D eigenvalue weighted by Crippen LogP contribution is 2.36. The van der Waals surface area contributed by atoms with Gasteiger partial charge in [0.15, 0.2) is 15.0 Å². The van der Waals surface area contributed by atoms with Crippen molar-refractivity contribution in [3.05, 3.63) is 46.5 Å². The standard InChI is InChI=1S/C15H14N2O4S2/c1-8-7-16-15(22-8)17-14(19)12-9(2)23(20,21)11-6-4-3-5-10(11)13(12)18/h3-7,9,18H,1-2H3,(H,16,17,19). The summed E-state index contributed by atoms with van der Waals surface area (Å²) >= 11 is 1.27. The van der Waals surface area contributed by atoms with Gasteiger partial charge in [0.05, 0.1) is 15.7 Å². The number of rotatable bonds is 2. The first-order chi connectivity index (χ1) is 10.8. The number of nitrogens with one attached hydrogen (secondary N) is 1. The molecular weight excluding hydrogens is 336 g/mol. The third-order valence-corrected chi connectivity index (χ3v) is 6.63. The highest BCUT2D eigenvalue weighted by atomic mass is 32.2. The molecule has 1 aliphatic heterocycles. The van der Waals surface area contributed by atoms with Gasteiger partial charge in [0.25, 0.3) is 5.91 Å². The van der Waals surface area contributed by atoms with Crippen LogP contribution in [0, 0.1) is 6.92 Å². The van der Waals surface area contributed by atoms with Crippen LogP contribution in [0.2, 0.25) is 0 Å². The van der Waals surface area contributed by atoms with Gasteiger partial charge in [-0.05, 0) is 26.0 Å². The zero-order valence-electron chi connectivity index (χ0n) is 12.4. The minimum atomic E-state index is -3.73. The van der Waals surface area contributed by atoms with Crippen molar-refractivity contribution in [3.8, 4) is 0 Å². The number of nitrogens with zero attached hydrogens (tertiary/aromatic N) is 1. The second kappa shape index (κ2) is 5.47. The number of carbonyl (C=O) groups is 1. The number of anilines is 1.